The Labute approximate surface area is 102 Å². The third-order valence-corrected chi connectivity index (χ3v) is 2.54. The second-order valence-electron chi connectivity index (χ2n) is 3.63. The Morgan fingerprint density at radius 2 is 2.28 bits per heavy atom. The summed E-state index contributed by atoms with van der Waals surface area (Å²) in [5, 5.41) is 14.6. The van der Waals surface area contributed by atoms with Gasteiger partial charge in [-0.2, -0.15) is 0 Å². The molecule has 0 aromatic heterocycles. The summed E-state index contributed by atoms with van der Waals surface area (Å²) >= 11 is 0. The maximum atomic E-state index is 11.3. The molecule has 1 aliphatic heterocycles. The molecular weight excluding hydrogens is 240 g/mol. The number of nitro groups is 1. The number of carbonyl (C=O) groups is 1. The first-order valence-electron chi connectivity index (χ1n) is 5.17. The Bertz CT molecular complexity index is 526. The SMILES string of the molecule is COC(=O)[C@@H]1CC(c2ccccc2[N+](=O)[O-])=NO1. The molecule has 1 atom stereocenters. The van der Waals surface area contributed by atoms with Gasteiger partial charge in [0.25, 0.3) is 5.69 Å². The van der Waals surface area contributed by atoms with Gasteiger partial charge in [-0.15, -0.1) is 0 Å². The van der Waals surface area contributed by atoms with Crippen LogP contribution in [0.15, 0.2) is 29.4 Å². The van der Waals surface area contributed by atoms with E-state index in [1.807, 2.05) is 0 Å². The second kappa shape index (κ2) is 4.82. The van der Waals surface area contributed by atoms with Gasteiger partial charge in [0.15, 0.2) is 0 Å². The van der Waals surface area contributed by atoms with Gasteiger partial charge >= 0.3 is 5.97 Å². The van der Waals surface area contributed by atoms with Crippen LogP contribution < -0.4 is 0 Å². The molecule has 1 aromatic carbocycles. The van der Waals surface area contributed by atoms with E-state index in [0.717, 1.165) is 0 Å². The predicted molar refractivity (Wildman–Crippen MR) is 61.1 cm³/mol. The van der Waals surface area contributed by atoms with Crippen molar-refractivity contribution in [3.05, 3.63) is 39.9 Å². The second-order valence-corrected chi connectivity index (χ2v) is 3.63. The van der Waals surface area contributed by atoms with Gasteiger partial charge in [-0.25, -0.2) is 4.79 Å². The summed E-state index contributed by atoms with van der Waals surface area (Å²) in [6.45, 7) is 0. The summed E-state index contributed by atoms with van der Waals surface area (Å²) < 4.78 is 4.52. The van der Waals surface area contributed by atoms with Gasteiger partial charge in [-0.05, 0) is 6.07 Å². The molecule has 0 aliphatic carbocycles. The zero-order valence-corrected chi connectivity index (χ0v) is 9.53. The average molecular weight is 250 g/mol. The highest BCUT2D eigenvalue weighted by atomic mass is 16.7. The van der Waals surface area contributed by atoms with Crippen LogP contribution in [0.25, 0.3) is 0 Å². The van der Waals surface area contributed by atoms with E-state index >= 15 is 0 Å². The first-order chi connectivity index (χ1) is 8.63. The van der Waals surface area contributed by atoms with Crippen LogP contribution in [0.1, 0.15) is 12.0 Å². The van der Waals surface area contributed by atoms with Gasteiger partial charge < -0.3 is 9.57 Å². The van der Waals surface area contributed by atoms with Crippen molar-refractivity contribution in [2.24, 2.45) is 5.16 Å². The van der Waals surface area contributed by atoms with E-state index in [-0.39, 0.29) is 12.1 Å². The van der Waals surface area contributed by atoms with E-state index in [4.69, 9.17) is 4.84 Å². The zero-order chi connectivity index (χ0) is 13.1. The topological polar surface area (TPSA) is 91.0 Å². The molecule has 0 radical (unpaired) electrons. The zero-order valence-electron chi connectivity index (χ0n) is 9.53. The van der Waals surface area contributed by atoms with Gasteiger partial charge in [-0.3, -0.25) is 10.1 Å². The molecule has 0 N–H and O–H groups in total. The molecule has 1 aromatic rings. The number of methoxy groups -OCH3 is 1. The lowest BCUT2D eigenvalue weighted by Crippen LogP contribution is -2.22. The van der Waals surface area contributed by atoms with E-state index in [9.17, 15) is 14.9 Å². The van der Waals surface area contributed by atoms with Crippen molar-refractivity contribution in [2.45, 2.75) is 12.5 Å². The van der Waals surface area contributed by atoms with Crippen LogP contribution in [0.5, 0.6) is 0 Å². The molecule has 2 rings (SSSR count). The number of rotatable bonds is 3. The van der Waals surface area contributed by atoms with Crippen molar-refractivity contribution in [3.63, 3.8) is 0 Å². The maximum Gasteiger partial charge on any atom is 0.350 e. The number of benzene rings is 1. The van der Waals surface area contributed by atoms with Crippen molar-refractivity contribution in [3.8, 4) is 0 Å². The number of nitro benzene ring substituents is 1. The van der Waals surface area contributed by atoms with Crippen LogP contribution >= 0.6 is 0 Å². The Morgan fingerprint density at radius 3 is 2.94 bits per heavy atom. The van der Waals surface area contributed by atoms with Crippen LogP contribution in [0.4, 0.5) is 5.69 Å². The van der Waals surface area contributed by atoms with E-state index in [1.165, 1.54) is 13.2 Å². The fourth-order valence-corrected chi connectivity index (χ4v) is 1.67. The van der Waals surface area contributed by atoms with Crippen LogP contribution in [0.3, 0.4) is 0 Å². The minimum atomic E-state index is -0.829. The Hall–Kier alpha value is -2.44. The molecule has 18 heavy (non-hydrogen) atoms. The minimum Gasteiger partial charge on any atom is -0.466 e. The van der Waals surface area contributed by atoms with E-state index < -0.39 is 17.0 Å². The van der Waals surface area contributed by atoms with E-state index in [2.05, 4.69) is 9.89 Å². The van der Waals surface area contributed by atoms with Crippen molar-refractivity contribution in [1.29, 1.82) is 0 Å². The van der Waals surface area contributed by atoms with E-state index in [1.54, 1.807) is 18.2 Å². The van der Waals surface area contributed by atoms with Gasteiger partial charge in [0.05, 0.1) is 23.3 Å². The number of hydrogen-bond acceptors (Lipinski definition) is 6. The van der Waals surface area contributed by atoms with Gasteiger partial charge in [0.1, 0.15) is 0 Å². The quantitative estimate of drug-likeness (QED) is 0.457. The predicted octanol–water partition coefficient (Wildman–Crippen LogP) is 1.26. The number of hydrogen-bond donors (Lipinski definition) is 0. The molecule has 0 saturated carbocycles. The smallest absolute Gasteiger partial charge is 0.350 e. The Kier molecular flexibility index (Phi) is 3.22. The minimum absolute atomic E-state index is 0.0645. The first-order valence-corrected chi connectivity index (χ1v) is 5.17. The van der Waals surface area contributed by atoms with Gasteiger partial charge in [-0.1, -0.05) is 17.3 Å². The number of ether oxygens (including phenoxy) is 1. The molecule has 1 aliphatic rings. The molecule has 0 fully saturated rings. The summed E-state index contributed by atoms with van der Waals surface area (Å²) in [7, 11) is 1.24. The third-order valence-electron chi connectivity index (χ3n) is 2.54. The fraction of sp³-hybridized carbons (Fsp3) is 0.273. The largest absolute Gasteiger partial charge is 0.466 e. The molecular formula is C11H10N2O5. The summed E-state index contributed by atoms with van der Waals surface area (Å²) in [4.78, 5) is 26.5. The van der Waals surface area contributed by atoms with Crippen molar-refractivity contribution in [1.82, 2.24) is 0 Å². The molecule has 0 unspecified atom stereocenters. The lowest BCUT2D eigenvalue weighted by molar-refractivity contribution is -0.385. The first kappa shape index (κ1) is 12.0. The van der Waals surface area contributed by atoms with Gasteiger partial charge in [0, 0.05) is 12.5 Å². The lowest BCUT2D eigenvalue weighted by atomic mass is 10.0. The summed E-state index contributed by atoms with van der Waals surface area (Å²) in [6, 6.07) is 6.18. The summed E-state index contributed by atoms with van der Waals surface area (Å²) in [6.07, 6.45) is -0.665. The molecule has 0 saturated heterocycles. The number of para-hydroxylation sites is 1. The van der Waals surface area contributed by atoms with E-state index in [0.29, 0.717) is 11.3 Å². The highest BCUT2D eigenvalue weighted by Crippen LogP contribution is 2.24. The molecule has 7 heteroatoms. The molecule has 94 valence electrons. The highest BCUT2D eigenvalue weighted by Gasteiger charge is 2.32. The molecule has 0 spiro atoms. The summed E-state index contributed by atoms with van der Waals surface area (Å²) in [5.41, 5.74) is 0.664. The lowest BCUT2D eigenvalue weighted by Gasteiger charge is -2.04. The van der Waals surface area contributed by atoms with Crippen molar-refractivity contribution >= 4 is 17.4 Å². The van der Waals surface area contributed by atoms with Crippen molar-refractivity contribution < 1.29 is 19.3 Å². The molecule has 7 nitrogen and oxygen atoms in total. The Morgan fingerprint density at radius 1 is 1.56 bits per heavy atom. The molecule has 0 bridgehead atoms. The molecule has 0 amide bonds. The van der Waals surface area contributed by atoms with Crippen LogP contribution in [0, 0.1) is 10.1 Å². The number of carbonyl (C=O) groups excluding carboxylic acids is 1. The number of oxime groups is 1. The normalized spacial score (nSPS) is 17.8. The highest BCUT2D eigenvalue weighted by molar-refractivity contribution is 6.06. The fourth-order valence-electron chi connectivity index (χ4n) is 1.67. The standard InChI is InChI=1S/C11H10N2O5/c1-17-11(14)10-6-8(12-18-10)7-4-2-3-5-9(7)13(15)16/h2-5,10H,6H2,1H3/t10-/m0/s1. The van der Waals surface area contributed by atoms with Gasteiger partial charge in [0.2, 0.25) is 6.10 Å². The number of nitrogens with zero attached hydrogens (tertiary/aromatic N) is 2. The van der Waals surface area contributed by atoms with Crippen LogP contribution in [0.2, 0.25) is 0 Å². The van der Waals surface area contributed by atoms with Crippen molar-refractivity contribution in [2.75, 3.05) is 7.11 Å². The average Bonchev–Trinajstić information content (AvgIpc) is 2.87. The summed E-state index contributed by atoms with van der Waals surface area (Å²) in [5.74, 6) is -0.549. The monoisotopic (exact) mass is 250 g/mol. The Balaban J connectivity index is 2.25. The third kappa shape index (κ3) is 2.15. The number of esters is 1. The molecule has 1 heterocycles. The maximum absolute atomic E-state index is 11.3. The van der Waals surface area contributed by atoms with Crippen LogP contribution in [-0.2, 0) is 14.4 Å². The van der Waals surface area contributed by atoms with Crippen LogP contribution in [-0.4, -0.2) is 29.8 Å².